The Labute approximate surface area is 128 Å². The highest BCUT2D eigenvalue weighted by Crippen LogP contribution is 2.25. The van der Waals surface area contributed by atoms with Crippen LogP contribution in [0.1, 0.15) is 22.8 Å². The summed E-state index contributed by atoms with van der Waals surface area (Å²) >= 11 is 11.8. The maximum Gasteiger partial charge on any atom is 0.170 e. The van der Waals surface area contributed by atoms with Gasteiger partial charge in [0.05, 0.1) is 22.2 Å². The van der Waals surface area contributed by atoms with Crippen molar-refractivity contribution in [1.82, 2.24) is 0 Å². The molecule has 0 radical (unpaired) electrons. The van der Waals surface area contributed by atoms with Gasteiger partial charge in [-0.25, -0.2) is 0 Å². The van der Waals surface area contributed by atoms with Gasteiger partial charge in [-0.2, -0.15) is 0 Å². The van der Waals surface area contributed by atoms with Crippen molar-refractivity contribution in [3.8, 4) is 5.75 Å². The smallest absolute Gasteiger partial charge is 0.170 e. The first-order valence-electron chi connectivity index (χ1n) is 6.30. The number of ether oxygens (including phenoxy) is 1. The molecule has 0 amide bonds. The quantitative estimate of drug-likeness (QED) is 0.740. The third kappa shape index (κ3) is 3.53. The van der Waals surface area contributed by atoms with Gasteiger partial charge >= 0.3 is 0 Å². The van der Waals surface area contributed by atoms with E-state index >= 15 is 0 Å². The van der Waals surface area contributed by atoms with E-state index in [1.807, 2.05) is 19.1 Å². The van der Waals surface area contributed by atoms with E-state index in [1.165, 1.54) is 0 Å². The average molecular weight is 309 g/mol. The van der Waals surface area contributed by atoms with E-state index in [0.717, 1.165) is 5.56 Å². The molecule has 0 atom stereocenters. The van der Waals surface area contributed by atoms with Crippen molar-refractivity contribution in [2.45, 2.75) is 13.3 Å². The third-order valence-corrected chi connectivity index (χ3v) is 3.58. The zero-order valence-electron chi connectivity index (χ0n) is 11.0. The Hall–Kier alpha value is -1.51. The number of Topliss-reactive ketones (excluding diaryl/α,β-unsaturated/α-hetero) is 1. The van der Waals surface area contributed by atoms with Crippen LogP contribution in [0.2, 0.25) is 10.0 Å². The SMILES string of the molecule is CCOc1ccccc1C(=O)Cc1ccc(Cl)c(Cl)c1. The van der Waals surface area contributed by atoms with Crippen molar-refractivity contribution < 1.29 is 9.53 Å². The van der Waals surface area contributed by atoms with Crippen molar-refractivity contribution in [1.29, 1.82) is 0 Å². The van der Waals surface area contributed by atoms with Crippen LogP contribution in [-0.4, -0.2) is 12.4 Å². The lowest BCUT2D eigenvalue weighted by atomic mass is 10.0. The summed E-state index contributed by atoms with van der Waals surface area (Å²) in [4.78, 5) is 12.3. The number of carbonyl (C=O) groups is 1. The second-order valence-electron chi connectivity index (χ2n) is 4.28. The van der Waals surface area contributed by atoms with Gasteiger partial charge in [0.2, 0.25) is 0 Å². The summed E-state index contributed by atoms with van der Waals surface area (Å²) in [6.07, 6.45) is 0.265. The summed E-state index contributed by atoms with van der Waals surface area (Å²) in [6, 6.07) is 12.4. The summed E-state index contributed by atoms with van der Waals surface area (Å²) in [5, 5.41) is 0.938. The molecule has 2 aromatic carbocycles. The highest BCUT2D eigenvalue weighted by Gasteiger charge is 2.13. The molecule has 104 valence electrons. The molecule has 20 heavy (non-hydrogen) atoms. The van der Waals surface area contributed by atoms with Crippen LogP contribution in [0.5, 0.6) is 5.75 Å². The van der Waals surface area contributed by atoms with E-state index in [1.54, 1.807) is 30.3 Å². The molecule has 0 spiro atoms. The maximum atomic E-state index is 12.3. The van der Waals surface area contributed by atoms with E-state index in [-0.39, 0.29) is 12.2 Å². The molecule has 0 saturated carbocycles. The zero-order valence-corrected chi connectivity index (χ0v) is 12.5. The molecule has 0 N–H and O–H groups in total. The molecular weight excluding hydrogens is 295 g/mol. The number of carbonyl (C=O) groups excluding carboxylic acids is 1. The van der Waals surface area contributed by atoms with Gasteiger partial charge in [-0.1, -0.05) is 41.4 Å². The molecule has 2 nitrogen and oxygen atoms in total. The number of hydrogen-bond donors (Lipinski definition) is 0. The van der Waals surface area contributed by atoms with E-state index in [4.69, 9.17) is 27.9 Å². The maximum absolute atomic E-state index is 12.3. The highest BCUT2D eigenvalue weighted by atomic mass is 35.5. The van der Waals surface area contributed by atoms with Gasteiger partial charge in [-0.15, -0.1) is 0 Å². The summed E-state index contributed by atoms with van der Waals surface area (Å²) in [6.45, 7) is 2.41. The number of halogens is 2. The lowest BCUT2D eigenvalue weighted by Gasteiger charge is -2.09. The second kappa shape index (κ2) is 6.78. The van der Waals surface area contributed by atoms with E-state index in [9.17, 15) is 4.79 Å². The monoisotopic (exact) mass is 308 g/mol. The summed E-state index contributed by atoms with van der Waals surface area (Å²) in [7, 11) is 0. The molecule has 0 aliphatic heterocycles. The second-order valence-corrected chi connectivity index (χ2v) is 5.09. The molecule has 2 rings (SSSR count). The van der Waals surface area contributed by atoms with Gasteiger partial charge < -0.3 is 4.74 Å². The molecule has 4 heteroatoms. The Balaban J connectivity index is 2.21. The van der Waals surface area contributed by atoms with Crippen LogP contribution in [0.3, 0.4) is 0 Å². The van der Waals surface area contributed by atoms with E-state index in [0.29, 0.717) is 28.0 Å². The largest absolute Gasteiger partial charge is 0.493 e. The van der Waals surface area contributed by atoms with Crippen molar-refractivity contribution in [3.05, 3.63) is 63.6 Å². The number of ketones is 1. The van der Waals surface area contributed by atoms with Crippen LogP contribution < -0.4 is 4.74 Å². The molecule has 0 aliphatic rings. The molecule has 0 aliphatic carbocycles. The fourth-order valence-corrected chi connectivity index (χ4v) is 2.23. The third-order valence-electron chi connectivity index (χ3n) is 2.84. The van der Waals surface area contributed by atoms with Crippen molar-refractivity contribution in [2.24, 2.45) is 0 Å². The van der Waals surface area contributed by atoms with E-state index < -0.39 is 0 Å². The van der Waals surface area contributed by atoms with Crippen molar-refractivity contribution >= 4 is 29.0 Å². The average Bonchev–Trinajstić information content (AvgIpc) is 2.44. The minimum atomic E-state index is -0.00700. The highest BCUT2D eigenvalue weighted by molar-refractivity contribution is 6.42. The van der Waals surface area contributed by atoms with Crippen LogP contribution >= 0.6 is 23.2 Å². The van der Waals surface area contributed by atoms with E-state index in [2.05, 4.69) is 0 Å². The first-order valence-corrected chi connectivity index (χ1v) is 7.06. The van der Waals surface area contributed by atoms with Crippen LogP contribution in [0, 0.1) is 0 Å². The number of benzene rings is 2. The minimum Gasteiger partial charge on any atom is -0.493 e. The molecule has 0 heterocycles. The lowest BCUT2D eigenvalue weighted by molar-refractivity contribution is 0.0989. The Morgan fingerprint density at radius 3 is 2.55 bits per heavy atom. The van der Waals surface area contributed by atoms with Gasteiger partial charge in [0.25, 0.3) is 0 Å². The number of para-hydroxylation sites is 1. The van der Waals surface area contributed by atoms with Gasteiger partial charge in [0.15, 0.2) is 5.78 Å². The molecule has 0 fully saturated rings. The first-order chi connectivity index (χ1) is 9.61. The molecule has 0 bridgehead atoms. The summed E-state index contributed by atoms with van der Waals surface area (Å²) < 4.78 is 5.47. The summed E-state index contributed by atoms with van der Waals surface area (Å²) in [5.41, 5.74) is 1.41. The zero-order chi connectivity index (χ0) is 14.5. The minimum absolute atomic E-state index is 0.00700. The first kappa shape index (κ1) is 14.9. The predicted octanol–water partition coefficient (Wildman–Crippen LogP) is 4.82. The lowest BCUT2D eigenvalue weighted by Crippen LogP contribution is -2.06. The Morgan fingerprint density at radius 2 is 1.85 bits per heavy atom. The number of rotatable bonds is 5. The van der Waals surface area contributed by atoms with Crippen LogP contribution in [-0.2, 0) is 6.42 Å². The Kier molecular flexibility index (Phi) is 5.05. The Bertz CT molecular complexity index is 624. The van der Waals surface area contributed by atoms with Gasteiger partial charge in [0.1, 0.15) is 5.75 Å². The molecule has 2 aromatic rings. The standard InChI is InChI=1S/C16H14Cl2O2/c1-2-20-16-6-4-3-5-12(16)15(19)10-11-7-8-13(17)14(18)9-11/h3-9H,2,10H2,1H3. The molecular formula is C16H14Cl2O2. The topological polar surface area (TPSA) is 26.3 Å². The van der Waals surface area contributed by atoms with Crippen LogP contribution in [0.15, 0.2) is 42.5 Å². The molecule has 0 unspecified atom stereocenters. The van der Waals surface area contributed by atoms with Gasteiger partial charge in [-0.05, 0) is 36.8 Å². The van der Waals surface area contributed by atoms with Crippen LogP contribution in [0.25, 0.3) is 0 Å². The predicted molar refractivity (Wildman–Crippen MR) is 82.1 cm³/mol. The molecule has 0 saturated heterocycles. The van der Waals surface area contributed by atoms with Gasteiger partial charge in [0, 0.05) is 6.42 Å². The fourth-order valence-electron chi connectivity index (χ4n) is 1.91. The summed E-state index contributed by atoms with van der Waals surface area (Å²) in [5.74, 6) is 0.604. The Morgan fingerprint density at radius 1 is 1.10 bits per heavy atom. The van der Waals surface area contributed by atoms with Crippen molar-refractivity contribution in [3.63, 3.8) is 0 Å². The number of hydrogen-bond acceptors (Lipinski definition) is 2. The van der Waals surface area contributed by atoms with Gasteiger partial charge in [-0.3, -0.25) is 4.79 Å². The molecule has 0 aromatic heterocycles. The normalized spacial score (nSPS) is 10.3. The van der Waals surface area contributed by atoms with Crippen LogP contribution in [0.4, 0.5) is 0 Å². The van der Waals surface area contributed by atoms with Crippen molar-refractivity contribution in [2.75, 3.05) is 6.61 Å². The fraction of sp³-hybridized carbons (Fsp3) is 0.188.